The molecule has 0 amide bonds. The van der Waals surface area contributed by atoms with Gasteiger partial charge in [-0.05, 0) is 49.1 Å². The van der Waals surface area contributed by atoms with E-state index < -0.39 is 0 Å². The highest BCUT2D eigenvalue weighted by Crippen LogP contribution is 2.27. The Balaban J connectivity index is 1.75. The molecule has 3 rings (SSSR count). The third-order valence-corrected chi connectivity index (χ3v) is 3.12. The van der Waals surface area contributed by atoms with Crippen LogP contribution in [0.25, 0.3) is 11.3 Å². The van der Waals surface area contributed by atoms with Gasteiger partial charge in [-0.25, -0.2) is 0 Å². The Morgan fingerprint density at radius 2 is 2.00 bits per heavy atom. The number of H-pyrrole nitrogens is 1. The van der Waals surface area contributed by atoms with Gasteiger partial charge >= 0.3 is 0 Å². The molecule has 1 aromatic carbocycles. The third kappa shape index (κ3) is 2.11. The van der Waals surface area contributed by atoms with E-state index in [1.165, 1.54) is 19.3 Å². The van der Waals surface area contributed by atoms with Crippen molar-refractivity contribution < 1.29 is 4.74 Å². The van der Waals surface area contributed by atoms with Crippen LogP contribution in [0.5, 0.6) is 5.75 Å². The van der Waals surface area contributed by atoms with Crippen LogP contribution in [0.15, 0.2) is 30.3 Å². The number of rotatable bonds is 3. The van der Waals surface area contributed by atoms with Crippen molar-refractivity contribution in [2.75, 3.05) is 5.73 Å². The molecule has 3 N–H and O–H groups in total. The van der Waals surface area contributed by atoms with E-state index in [1.807, 2.05) is 30.3 Å². The van der Waals surface area contributed by atoms with E-state index in [0.717, 1.165) is 17.0 Å². The van der Waals surface area contributed by atoms with Crippen LogP contribution in [0.1, 0.15) is 19.3 Å². The first kappa shape index (κ1) is 10.2. The number of aromatic nitrogens is 2. The van der Waals surface area contributed by atoms with Gasteiger partial charge in [-0.2, -0.15) is 5.10 Å². The van der Waals surface area contributed by atoms with Crippen LogP contribution in [0.3, 0.4) is 0 Å². The van der Waals surface area contributed by atoms with Gasteiger partial charge in [0.05, 0.1) is 11.8 Å². The molecule has 17 heavy (non-hydrogen) atoms. The monoisotopic (exact) mass is 229 g/mol. The number of hydrogen-bond acceptors (Lipinski definition) is 3. The Hall–Kier alpha value is -1.97. The molecule has 1 saturated carbocycles. The minimum Gasteiger partial charge on any atom is -0.490 e. The van der Waals surface area contributed by atoms with Crippen molar-refractivity contribution in [3.63, 3.8) is 0 Å². The zero-order valence-electron chi connectivity index (χ0n) is 9.52. The molecular formula is C13H15N3O. The maximum atomic E-state index is 5.80. The van der Waals surface area contributed by atoms with E-state index in [-0.39, 0.29) is 0 Å². The van der Waals surface area contributed by atoms with Crippen LogP contribution in [-0.4, -0.2) is 16.3 Å². The number of hydrogen-bond donors (Lipinski definition) is 2. The zero-order chi connectivity index (χ0) is 11.7. The van der Waals surface area contributed by atoms with E-state index in [4.69, 9.17) is 10.5 Å². The highest BCUT2D eigenvalue weighted by Gasteiger charge is 2.18. The number of aromatic amines is 1. The molecular weight excluding hydrogens is 214 g/mol. The van der Waals surface area contributed by atoms with Gasteiger partial charge in [-0.15, -0.1) is 0 Å². The summed E-state index contributed by atoms with van der Waals surface area (Å²) >= 11 is 0. The van der Waals surface area contributed by atoms with Crippen molar-refractivity contribution in [3.05, 3.63) is 30.3 Å². The fourth-order valence-electron chi connectivity index (χ4n) is 1.88. The molecule has 0 radical (unpaired) electrons. The van der Waals surface area contributed by atoms with Gasteiger partial charge in [0.1, 0.15) is 11.6 Å². The predicted octanol–water partition coefficient (Wildman–Crippen LogP) is 2.59. The molecule has 4 heteroatoms. The lowest BCUT2D eigenvalue weighted by atomic mass is 9.96. The molecule has 88 valence electrons. The summed E-state index contributed by atoms with van der Waals surface area (Å²) in [5.74, 6) is 1.45. The van der Waals surface area contributed by atoms with Crippen molar-refractivity contribution in [1.82, 2.24) is 10.2 Å². The van der Waals surface area contributed by atoms with Crippen LogP contribution >= 0.6 is 0 Å². The summed E-state index contributed by atoms with van der Waals surface area (Å²) in [6.07, 6.45) is 4.07. The highest BCUT2D eigenvalue weighted by molar-refractivity contribution is 5.62. The van der Waals surface area contributed by atoms with Crippen molar-refractivity contribution >= 4 is 5.82 Å². The van der Waals surface area contributed by atoms with Gasteiger partial charge in [0.15, 0.2) is 0 Å². The summed E-state index contributed by atoms with van der Waals surface area (Å²) in [5.41, 5.74) is 7.56. The van der Waals surface area contributed by atoms with Crippen LogP contribution < -0.4 is 10.5 Å². The largest absolute Gasteiger partial charge is 0.490 e. The normalized spacial score (nSPS) is 15.5. The van der Waals surface area contributed by atoms with Gasteiger partial charge in [0.25, 0.3) is 0 Å². The van der Waals surface area contributed by atoms with E-state index in [1.54, 1.807) is 0 Å². The number of nitrogens with two attached hydrogens (primary N) is 1. The Bertz CT molecular complexity index is 500. The Morgan fingerprint density at radius 3 is 2.53 bits per heavy atom. The van der Waals surface area contributed by atoms with Gasteiger partial charge < -0.3 is 10.5 Å². The van der Waals surface area contributed by atoms with Crippen LogP contribution in [0, 0.1) is 0 Å². The maximum absolute atomic E-state index is 5.80. The van der Waals surface area contributed by atoms with Gasteiger partial charge in [0, 0.05) is 6.07 Å². The van der Waals surface area contributed by atoms with Crippen molar-refractivity contribution in [2.24, 2.45) is 0 Å². The molecule has 0 bridgehead atoms. The second kappa shape index (κ2) is 4.13. The summed E-state index contributed by atoms with van der Waals surface area (Å²) < 4.78 is 5.80. The van der Waals surface area contributed by atoms with E-state index in [0.29, 0.717) is 11.9 Å². The van der Waals surface area contributed by atoms with E-state index in [9.17, 15) is 0 Å². The second-order valence-electron chi connectivity index (χ2n) is 4.40. The van der Waals surface area contributed by atoms with E-state index in [2.05, 4.69) is 10.2 Å². The van der Waals surface area contributed by atoms with Gasteiger partial charge in [0.2, 0.25) is 0 Å². The fourth-order valence-corrected chi connectivity index (χ4v) is 1.88. The Kier molecular flexibility index (Phi) is 2.48. The molecule has 1 heterocycles. The molecule has 1 fully saturated rings. The summed E-state index contributed by atoms with van der Waals surface area (Å²) in [4.78, 5) is 0. The quantitative estimate of drug-likeness (QED) is 0.850. The SMILES string of the molecule is Nc1cc(-c2ccc(OC3CCC3)cc2)[nH]n1. The summed E-state index contributed by atoms with van der Waals surface area (Å²) in [5, 5.41) is 6.80. The zero-order valence-corrected chi connectivity index (χ0v) is 9.52. The van der Waals surface area contributed by atoms with Gasteiger partial charge in [-0.1, -0.05) is 0 Å². The van der Waals surface area contributed by atoms with Crippen LogP contribution in [0.2, 0.25) is 0 Å². The number of nitrogens with one attached hydrogen (secondary N) is 1. The lowest BCUT2D eigenvalue weighted by Gasteiger charge is -2.26. The average molecular weight is 229 g/mol. The standard InChI is InChI=1S/C13H15N3O/c14-13-8-12(15-16-13)9-4-6-11(7-5-9)17-10-2-1-3-10/h4-8,10H,1-3H2,(H3,14,15,16). The second-order valence-corrected chi connectivity index (χ2v) is 4.40. The Morgan fingerprint density at radius 1 is 1.24 bits per heavy atom. The molecule has 2 aromatic rings. The Labute approximate surface area is 99.8 Å². The third-order valence-electron chi connectivity index (χ3n) is 3.12. The van der Waals surface area contributed by atoms with E-state index >= 15 is 0 Å². The summed E-state index contributed by atoms with van der Waals surface area (Å²) in [7, 11) is 0. The molecule has 0 atom stereocenters. The number of anilines is 1. The molecule has 0 saturated heterocycles. The molecule has 0 spiro atoms. The smallest absolute Gasteiger partial charge is 0.145 e. The maximum Gasteiger partial charge on any atom is 0.145 e. The number of benzene rings is 1. The lowest BCUT2D eigenvalue weighted by Crippen LogP contribution is -2.24. The topological polar surface area (TPSA) is 63.9 Å². The van der Waals surface area contributed by atoms with Crippen molar-refractivity contribution in [3.8, 4) is 17.0 Å². The first-order valence-electron chi connectivity index (χ1n) is 5.89. The average Bonchev–Trinajstić information content (AvgIpc) is 2.71. The first-order valence-corrected chi connectivity index (χ1v) is 5.89. The number of nitrogen functional groups attached to an aromatic ring is 1. The number of nitrogens with zero attached hydrogens (tertiary/aromatic N) is 1. The van der Waals surface area contributed by atoms with Crippen LogP contribution in [-0.2, 0) is 0 Å². The molecule has 1 aliphatic carbocycles. The molecule has 1 aromatic heterocycles. The van der Waals surface area contributed by atoms with Crippen molar-refractivity contribution in [2.45, 2.75) is 25.4 Å². The fraction of sp³-hybridized carbons (Fsp3) is 0.308. The molecule has 1 aliphatic rings. The lowest BCUT2D eigenvalue weighted by molar-refractivity contribution is 0.120. The summed E-state index contributed by atoms with van der Waals surface area (Å²) in [6, 6.07) is 9.83. The molecule has 4 nitrogen and oxygen atoms in total. The minimum absolute atomic E-state index is 0.420. The minimum atomic E-state index is 0.420. The molecule has 0 aliphatic heterocycles. The highest BCUT2D eigenvalue weighted by atomic mass is 16.5. The first-order chi connectivity index (χ1) is 8.31. The number of ether oxygens (including phenoxy) is 1. The van der Waals surface area contributed by atoms with Gasteiger partial charge in [-0.3, -0.25) is 5.10 Å². The molecule has 0 unspecified atom stereocenters. The summed E-state index contributed by atoms with van der Waals surface area (Å²) in [6.45, 7) is 0. The predicted molar refractivity (Wildman–Crippen MR) is 66.7 cm³/mol. The van der Waals surface area contributed by atoms with Crippen molar-refractivity contribution in [1.29, 1.82) is 0 Å². The van der Waals surface area contributed by atoms with Crippen LogP contribution in [0.4, 0.5) is 5.82 Å².